The molecule has 1 aromatic heterocycles. The molecule has 2 aromatic rings. The van der Waals surface area contributed by atoms with Gasteiger partial charge < -0.3 is 25.0 Å². The molecule has 26 heavy (non-hydrogen) atoms. The van der Waals surface area contributed by atoms with Gasteiger partial charge in [-0.15, -0.1) is 0 Å². The average Bonchev–Trinajstić information content (AvgIpc) is 2.84. The van der Waals surface area contributed by atoms with Crippen LogP contribution in [-0.2, 0) is 9.53 Å². The minimum absolute atomic E-state index is 0.0624. The van der Waals surface area contributed by atoms with E-state index in [2.05, 4.69) is 20.2 Å². The molecule has 2 heterocycles. The van der Waals surface area contributed by atoms with Crippen molar-refractivity contribution in [2.45, 2.75) is 39.7 Å². The first-order valence-corrected chi connectivity index (χ1v) is 8.00. The summed E-state index contributed by atoms with van der Waals surface area (Å²) >= 11 is 0. The largest absolute Gasteiger partial charge is 0.491 e. The Bertz CT molecular complexity index is 795. The van der Waals surface area contributed by atoms with Crippen LogP contribution in [0.5, 0.6) is 5.75 Å². The standard InChI is InChI=1S/C12H11N3O3.C5H11NO2/c1-7-13-12(18-15-7)8-2-3-10-9(6-8)14-11(16)4-5-17-10;1-5(2,3)8-4(6)7/h2-3,6H,4-5H2,1H3,(H,14,16);1-3H3,(H2,6,7). The molecule has 3 rings (SSSR count). The van der Waals surface area contributed by atoms with Gasteiger partial charge in [0.15, 0.2) is 5.82 Å². The number of carbonyl (C=O) groups is 2. The van der Waals surface area contributed by atoms with Crippen molar-refractivity contribution in [3.05, 3.63) is 24.0 Å². The van der Waals surface area contributed by atoms with E-state index in [1.165, 1.54) is 0 Å². The summed E-state index contributed by atoms with van der Waals surface area (Å²) in [6, 6.07) is 5.38. The third-order valence-corrected chi connectivity index (χ3v) is 3.02. The van der Waals surface area contributed by atoms with Crippen molar-refractivity contribution in [2.24, 2.45) is 5.73 Å². The van der Waals surface area contributed by atoms with E-state index in [-0.39, 0.29) is 5.91 Å². The number of nitrogens with one attached hydrogen (secondary N) is 1. The zero-order chi connectivity index (χ0) is 19.3. The summed E-state index contributed by atoms with van der Waals surface area (Å²) in [4.78, 5) is 25.6. The first-order chi connectivity index (χ1) is 12.1. The molecule has 0 bridgehead atoms. The SMILES string of the molecule is CC(C)(C)OC(N)=O.Cc1noc(-c2ccc3c(c2)NC(=O)CCO3)n1. The number of aryl methyl sites for hydroxylation is 1. The van der Waals surface area contributed by atoms with Crippen molar-refractivity contribution in [3.8, 4) is 17.2 Å². The summed E-state index contributed by atoms with van der Waals surface area (Å²) < 4.78 is 15.1. The number of hydrogen-bond acceptors (Lipinski definition) is 7. The molecule has 3 N–H and O–H groups in total. The minimum atomic E-state index is -0.725. The maximum atomic E-state index is 11.5. The fourth-order valence-corrected chi connectivity index (χ4v) is 2.07. The number of benzene rings is 1. The number of carbonyl (C=O) groups excluding carboxylic acids is 2. The zero-order valence-electron chi connectivity index (χ0n) is 15.2. The first-order valence-electron chi connectivity index (χ1n) is 8.00. The highest BCUT2D eigenvalue weighted by Crippen LogP contribution is 2.31. The lowest BCUT2D eigenvalue weighted by molar-refractivity contribution is -0.116. The number of hydrogen-bond donors (Lipinski definition) is 2. The highest BCUT2D eigenvalue weighted by atomic mass is 16.6. The number of fused-ring (bicyclic) bond motifs is 1. The van der Waals surface area contributed by atoms with Gasteiger partial charge in [0, 0.05) is 5.56 Å². The maximum Gasteiger partial charge on any atom is 0.405 e. The number of ether oxygens (including phenoxy) is 2. The monoisotopic (exact) mass is 362 g/mol. The van der Waals surface area contributed by atoms with Gasteiger partial charge in [-0.3, -0.25) is 4.79 Å². The van der Waals surface area contributed by atoms with Gasteiger partial charge in [-0.1, -0.05) is 5.16 Å². The molecule has 0 unspecified atom stereocenters. The van der Waals surface area contributed by atoms with Gasteiger partial charge in [-0.2, -0.15) is 4.98 Å². The predicted octanol–water partition coefficient (Wildman–Crippen LogP) is 2.65. The van der Waals surface area contributed by atoms with Crippen LogP contribution in [0.25, 0.3) is 11.5 Å². The van der Waals surface area contributed by atoms with Crippen LogP contribution in [0.15, 0.2) is 22.7 Å². The quantitative estimate of drug-likeness (QED) is 0.797. The fourth-order valence-electron chi connectivity index (χ4n) is 2.07. The van der Waals surface area contributed by atoms with E-state index >= 15 is 0 Å². The van der Waals surface area contributed by atoms with Gasteiger partial charge in [-0.05, 0) is 45.9 Å². The number of amides is 2. The van der Waals surface area contributed by atoms with E-state index in [9.17, 15) is 9.59 Å². The molecule has 0 aliphatic carbocycles. The zero-order valence-corrected chi connectivity index (χ0v) is 15.2. The number of rotatable bonds is 1. The second-order valence-corrected chi connectivity index (χ2v) is 6.54. The molecule has 140 valence electrons. The number of nitrogens with zero attached hydrogens (tertiary/aromatic N) is 2. The van der Waals surface area contributed by atoms with E-state index in [4.69, 9.17) is 15.0 Å². The lowest BCUT2D eigenvalue weighted by Gasteiger charge is -2.16. The number of nitrogens with two attached hydrogens (primary N) is 1. The van der Waals surface area contributed by atoms with E-state index in [1.807, 2.05) is 6.07 Å². The normalized spacial score (nSPS) is 13.3. The Kier molecular flexibility index (Phi) is 5.81. The van der Waals surface area contributed by atoms with Crippen molar-refractivity contribution in [1.29, 1.82) is 0 Å². The van der Waals surface area contributed by atoms with Gasteiger partial charge in [0.2, 0.25) is 5.91 Å². The predicted molar refractivity (Wildman–Crippen MR) is 93.6 cm³/mol. The molecule has 0 spiro atoms. The Morgan fingerprint density at radius 2 is 2.08 bits per heavy atom. The van der Waals surface area contributed by atoms with Crippen molar-refractivity contribution in [2.75, 3.05) is 11.9 Å². The molecule has 1 aliphatic rings. The van der Waals surface area contributed by atoms with E-state index in [0.29, 0.717) is 36.2 Å². The molecule has 9 heteroatoms. The van der Waals surface area contributed by atoms with E-state index < -0.39 is 11.7 Å². The first kappa shape index (κ1) is 19.2. The molecule has 0 atom stereocenters. The van der Waals surface area contributed by atoms with Crippen molar-refractivity contribution >= 4 is 17.7 Å². The summed E-state index contributed by atoms with van der Waals surface area (Å²) in [5.41, 5.74) is 5.65. The van der Waals surface area contributed by atoms with Crippen LogP contribution in [0, 0.1) is 6.92 Å². The van der Waals surface area contributed by atoms with E-state index in [0.717, 1.165) is 5.56 Å². The summed E-state index contributed by atoms with van der Waals surface area (Å²) in [5.74, 6) is 1.59. The van der Waals surface area contributed by atoms with Gasteiger partial charge in [0.25, 0.3) is 5.89 Å². The topological polar surface area (TPSA) is 130 Å². The van der Waals surface area contributed by atoms with Crippen LogP contribution < -0.4 is 15.8 Å². The third-order valence-electron chi connectivity index (χ3n) is 3.02. The molecule has 1 aliphatic heterocycles. The fraction of sp³-hybridized carbons (Fsp3) is 0.412. The molecular weight excluding hydrogens is 340 g/mol. The second kappa shape index (κ2) is 7.85. The molecule has 0 saturated heterocycles. The van der Waals surface area contributed by atoms with Crippen LogP contribution in [-0.4, -0.2) is 34.3 Å². The molecule has 2 amide bonds. The van der Waals surface area contributed by atoms with Gasteiger partial charge >= 0.3 is 6.09 Å². The minimum Gasteiger partial charge on any atom is -0.491 e. The summed E-state index contributed by atoms with van der Waals surface area (Å²) in [6.45, 7) is 7.42. The van der Waals surface area contributed by atoms with Crippen LogP contribution in [0.4, 0.5) is 10.5 Å². The lowest BCUT2D eigenvalue weighted by Crippen LogP contribution is -2.27. The molecule has 0 radical (unpaired) electrons. The number of aromatic nitrogens is 2. The van der Waals surface area contributed by atoms with Gasteiger partial charge in [0.1, 0.15) is 11.4 Å². The van der Waals surface area contributed by atoms with Crippen molar-refractivity contribution < 1.29 is 23.6 Å². The summed E-state index contributed by atoms with van der Waals surface area (Å²) in [6.07, 6.45) is -0.374. The highest BCUT2D eigenvalue weighted by Gasteiger charge is 2.16. The lowest BCUT2D eigenvalue weighted by atomic mass is 10.2. The molecule has 1 aromatic carbocycles. The van der Waals surface area contributed by atoms with Crippen LogP contribution in [0.1, 0.15) is 33.0 Å². The van der Waals surface area contributed by atoms with Crippen LogP contribution >= 0.6 is 0 Å². The summed E-state index contributed by atoms with van der Waals surface area (Å²) in [7, 11) is 0. The Morgan fingerprint density at radius 3 is 2.62 bits per heavy atom. The van der Waals surface area contributed by atoms with Crippen LogP contribution in [0.2, 0.25) is 0 Å². The van der Waals surface area contributed by atoms with Gasteiger partial charge in [-0.25, -0.2) is 4.79 Å². The Hall–Kier alpha value is -3.10. The maximum absolute atomic E-state index is 11.5. The smallest absolute Gasteiger partial charge is 0.405 e. The van der Waals surface area contributed by atoms with Gasteiger partial charge in [0.05, 0.1) is 18.7 Å². The second-order valence-electron chi connectivity index (χ2n) is 6.54. The summed E-state index contributed by atoms with van der Waals surface area (Å²) in [5, 5.41) is 6.52. The Morgan fingerprint density at radius 1 is 1.35 bits per heavy atom. The number of anilines is 1. The average molecular weight is 362 g/mol. The van der Waals surface area contributed by atoms with E-state index in [1.54, 1.807) is 39.8 Å². The Balaban J connectivity index is 0.000000260. The number of primary amides is 1. The highest BCUT2D eigenvalue weighted by molar-refractivity contribution is 5.93. The Labute approximate surface area is 150 Å². The molecule has 9 nitrogen and oxygen atoms in total. The molecule has 0 fully saturated rings. The molecule has 0 saturated carbocycles. The van der Waals surface area contributed by atoms with Crippen LogP contribution in [0.3, 0.4) is 0 Å². The molecular formula is C17H22N4O5. The van der Waals surface area contributed by atoms with Crippen molar-refractivity contribution in [3.63, 3.8) is 0 Å². The third kappa shape index (κ3) is 5.76. The van der Waals surface area contributed by atoms with Crippen molar-refractivity contribution in [1.82, 2.24) is 10.1 Å².